The molecule has 1 atom stereocenters. The van der Waals surface area contributed by atoms with Crippen molar-refractivity contribution in [2.24, 2.45) is 7.05 Å². The van der Waals surface area contributed by atoms with Gasteiger partial charge in [0, 0.05) is 19.2 Å². The highest BCUT2D eigenvalue weighted by Crippen LogP contribution is 2.27. The molecule has 114 valence electrons. The molecule has 0 bridgehead atoms. The minimum absolute atomic E-state index is 0.119. The van der Waals surface area contributed by atoms with Crippen molar-refractivity contribution < 1.29 is 9.50 Å². The van der Waals surface area contributed by atoms with Gasteiger partial charge in [-0.05, 0) is 22.0 Å². The summed E-state index contributed by atoms with van der Waals surface area (Å²) in [5.41, 5.74) is 0.898. The maximum atomic E-state index is 13.7. The van der Waals surface area contributed by atoms with Gasteiger partial charge < -0.3 is 10.4 Å². The first-order valence-corrected chi connectivity index (χ1v) is 7.37. The quantitative estimate of drug-likeness (QED) is 0.742. The van der Waals surface area contributed by atoms with Gasteiger partial charge in [0.2, 0.25) is 0 Å². The number of nitrogens with zero attached hydrogens (tertiary/aromatic N) is 4. The Kier molecular flexibility index (Phi) is 4.04. The third-order valence-corrected chi connectivity index (χ3v) is 3.86. The van der Waals surface area contributed by atoms with Crippen LogP contribution in [0.25, 0.3) is 11.0 Å². The molecule has 0 fully saturated rings. The molecule has 2 N–H and O–H groups in total. The molecule has 6 nitrogen and oxygen atoms in total. The van der Waals surface area contributed by atoms with Crippen molar-refractivity contribution in [3.63, 3.8) is 0 Å². The van der Waals surface area contributed by atoms with Crippen LogP contribution in [0.2, 0.25) is 0 Å². The van der Waals surface area contributed by atoms with E-state index in [2.05, 4.69) is 36.3 Å². The van der Waals surface area contributed by atoms with Gasteiger partial charge in [-0.1, -0.05) is 18.2 Å². The summed E-state index contributed by atoms with van der Waals surface area (Å²) in [7, 11) is 1.78. The van der Waals surface area contributed by atoms with Gasteiger partial charge in [-0.15, -0.1) is 0 Å². The van der Waals surface area contributed by atoms with Crippen molar-refractivity contribution in [1.29, 1.82) is 0 Å². The molecule has 22 heavy (non-hydrogen) atoms. The van der Waals surface area contributed by atoms with E-state index in [0.29, 0.717) is 21.5 Å². The zero-order valence-electron chi connectivity index (χ0n) is 11.7. The van der Waals surface area contributed by atoms with Crippen molar-refractivity contribution in [2.45, 2.75) is 6.10 Å². The summed E-state index contributed by atoms with van der Waals surface area (Å²) in [4.78, 5) is 8.32. The van der Waals surface area contributed by atoms with Crippen LogP contribution in [-0.2, 0) is 7.05 Å². The normalized spacial score (nSPS) is 12.5. The van der Waals surface area contributed by atoms with E-state index in [-0.39, 0.29) is 12.1 Å². The molecule has 0 radical (unpaired) electrons. The lowest BCUT2D eigenvalue weighted by molar-refractivity contribution is 0.186. The molecule has 3 rings (SSSR count). The van der Waals surface area contributed by atoms with E-state index in [4.69, 9.17) is 0 Å². The van der Waals surface area contributed by atoms with Crippen LogP contribution in [0.3, 0.4) is 0 Å². The lowest BCUT2D eigenvalue weighted by Gasteiger charge is -2.13. The molecular formula is C14H13BrFN5O. The molecule has 3 aromatic rings. The first-order valence-electron chi connectivity index (χ1n) is 6.57. The van der Waals surface area contributed by atoms with Gasteiger partial charge in [-0.3, -0.25) is 0 Å². The van der Waals surface area contributed by atoms with Crippen molar-refractivity contribution in [3.05, 3.63) is 46.6 Å². The molecule has 0 spiro atoms. The molecule has 2 aromatic heterocycles. The number of anilines is 1. The highest BCUT2D eigenvalue weighted by atomic mass is 79.9. The van der Waals surface area contributed by atoms with E-state index in [1.54, 1.807) is 29.9 Å². The number of hydrogen-bond acceptors (Lipinski definition) is 5. The summed E-state index contributed by atoms with van der Waals surface area (Å²) in [6, 6.07) is 6.14. The highest BCUT2D eigenvalue weighted by molar-refractivity contribution is 9.10. The van der Waals surface area contributed by atoms with Crippen LogP contribution in [0.4, 0.5) is 10.2 Å². The van der Waals surface area contributed by atoms with Crippen molar-refractivity contribution >= 4 is 32.8 Å². The molecule has 0 unspecified atom stereocenters. The van der Waals surface area contributed by atoms with Gasteiger partial charge >= 0.3 is 0 Å². The monoisotopic (exact) mass is 365 g/mol. The van der Waals surface area contributed by atoms with E-state index in [0.717, 1.165) is 0 Å². The zero-order valence-corrected chi connectivity index (χ0v) is 13.2. The third kappa shape index (κ3) is 2.67. The number of aromatic nitrogens is 4. The second-order valence-corrected chi connectivity index (χ2v) is 5.50. The fourth-order valence-corrected chi connectivity index (χ4v) is 2.83. The average molecular weight is 366 g/mol. The van der Waals surface area contributed by atoms with Gasteiger partial charge in [-0.25, -0.2) is 19.0 Å². The van der Waals surface area contributed by atoms with Crippen LogP contribution < -0.4 is 5.32 Å². The predicted molar refractivity (Wildman–Crippen MR) is 83.9 cm³/mol. The third-order valence-electron chi connectivity index (χ3n) is 3.30. The van der Waals surface area contributed by atoms with Crippen LogP contribution in [0.5, 0.6) is 0 Å². The van der Waals surface area contributed by atoms with Crippen LogP contribution in [-0.4, -0.2) is 31.4 Å². The van der Waals surface area contributed by atoms with E-state index in [1.165, 1.54) is 12.4 Å². The number of benzene rings is 1. The number of nitrogens with one attached hydrogen (secondary N) is 1. The maximum Gasteiger partial charge on any atom is 0.164 e. The Morgan fingerprint density at radius 3 is 2.91 bits per heavy atom. The lowest BCUT2D eigenvalue weighted by Crippen LogP contribution is -2.14. The second-order valence-electron chi connectivity index (χ2n) is 4.75. The molecule has 0 aliphatic rings. The molecule has 2 heterocycles. The smallest absolute Gasteiger partial charge is 0.164 e. The largest absolute Gasteiger partial charge is 0.386 e. The van der Waals surface area contributed by atoms with Gasteiger partial charge in [0.05, 0.1) is 11.5 Å². The van der Waals surface area contributed by atoms with E-state index < -0.39 is 11.9 Å². The molecule has 0 aliphatic heterocycles. The van der Waals surface area contributed by atoms with Gasteiger partial charge in [0.25, 0.3) is 0 Å². The Morgan fingerprint density at radius 1 is 1.36 bits per heavy atom. The van der Waals surface area contributed by atoms with Gasteiger partial charge in [-0.2, -0.15) is 5.10 Å². The first-order chi connectivity index (χ1) is 10.6. The molecular weight excluding hydrogens is 353 g/mol. The number of aliphatic hydroxyl groups is 1. The lowest BCUT2D eigenvalue weighted by atomic mass is 10.1. The summed E-state index contributed by atoms with van der Waals surface area (Å²) in [6.07, 6.45) is 0.426. The minimum atomic E-state index is -0.985. The average Bonchev–Trinajstić information content (AvgIpc) is 2.81. The standard InChI is InChI=1S/C14H13BrFN5O/c1-21-14-11(12(15)20-21)13(18-7-19-14)17-6-10(22)8-4-2-3-5-9(8)16/h2-5,7,10,22H,6H2,1H3,(H,17,18,19)/t10-/m0/s1. The van der Waals surface area contributed by atoms with Crippen LogP contribution in [0.15, 0.2) is 35.2 Å². The van der Waals surface area contributed by atoms with Crippen LogP contribution >= 0.6 is 15.9 Å². The van der Waals surface area contributed by atoms with E-state index in [9.17, 15) is 9.50 Å². The van der Waals surface area contributed by atoms with Crippen molar-refractivity contribution in [1.82, 2.24) is 19.7 Å². The molecule has 0 saturated carbocycles. The molecule has 0 amide bonds. The summed E-state index contributed by atoms with van der Waals surface area (Å²) in [5, 5.41) is 18.1. The topological polar surface area (TPSA) is 75.9 Å². The fourth-order valence-electron chi connectivity index (χ4n) is 2.22. The highest BCUT2D eigenvalue weighted by Gasteiger charge is 2.16. The Balaban J connectivity index is 1.84. The summed E-state index contributed by atoms with van der Waals surface area (Å²) in [5.74, 6) is 0.0903. The van der Waals surface area contributed by atoms with Crippen LogP contribution in [0.1, 0.15) is 11.7 Å². The maximum absolute atomic E-state index is 13.7. The first kappa shape index (κ1) is 14.9. The summed E-state index contributed by atoms with van der Waals surface area (Å²) < 4.78 is 15.9. The number of fused-ring (bicyclic) bond motifs is 1. The molecule has 1 aromatic carbocycles. The number of aliphatic hydroxyl groups excluding tert-OH is 1. The Hall–Kier alpha value is -2.06. The molecule has 8 heteroatoms. The SMILES string of the molecule is Cn1nc(Br)c2c(NC[C@H](O)c3ccccc3F)ncnc21. The van der Waals surface area contributed by atoms with E-state index in [1.807, 2.05) is 0 Å². The number of halogens is 2. The molecule has 0 aliphatic carbocycles. The summed E-state index contributed by atoms with van der Waals surface area (Å²) in [6.45, 7) is 0.119. The van der Waals surface area contributed by atoms with Crippen LogP contribution in [0, 0.1) is 5.82 Å². The Bertz CT molecular complexity index is 822. The molecule has 0 saturated heterocycles. The van der Waals surface area contributed by atoms with E-state index >= 15 is 0 Å². The predicted octanol–water partition coefficient (Wildman–Crippen LogP) is 2.41. The Labute approximate surface area is 134 Å². The summed E-state index contributed by atoms with van der Waals surface area (Å²) >= 11 is 3.36. The zero-order chi connectivity index (χ0) is 15.7. The van der Waals surface area contributed by atoms with Crippen molar-refractivity contribution in [2.75, 3.05) is 11.9 Å². The number of hydrogen-bond donors (Lipinski definition) is 2. The van der Waals surface area contributed by atoms with Crippen molar-refractivity contribution in [3.8, 4) is 0 Å². The van der Waals surface area contributed by atoms with Gasteiger partial charge in [0.1, 0.15) is 22.6 Å². The van der Waals surface area contributed by atoms with Gasteiger partial charge in [0.15, 0.2) is 5.65 Å². The minimum Gasteiger partial charge on any atom is -0.386 e. The second kappa shape index (κ2) is 5.98. The number of rotatable bonds is 4. The fraction of sp³-hybridized carbons (Fsp3) is 0.214. The Morgan fingerprint density at radius 2 is 2.14 bits per heavy atom. The number of aryl methyl sites for hydroxylation is 1.